The molecule has 172 valence electrons. The molecular weight excluding hydrogens is 440 g/mol. The first-order valence-corrected chi connectivity index (χ1v) is 10.2. The van der Waals surface area contributed by atoms with Crippen molar-refractivity contribution in [2.24, 2.45) is 0 Å². The molecule has 3 aromatic rings. The zero-order chi connectivity index (χ0) is 24.4. The second kappa shape index (κ2) is 9.07. The van der Waals surface area contributed by atoms with Crippen LogP contribution in [-0.4, -0.2) is 35.9 Å². The Hall–Kier alpha value is -4.66. The van der Waals surface area contributed by atoms with E-state index < -0.39 is 28.4 Å². The van der Waals surface area contributed by atoms with Crippen LogP contribution in [-0.2, 0) is 9.59 Å². The molecule has 4 rings (SSSR count). The highest BCUT2D eigenvalue weighted by Gasteiger charge is 2.47. The summed E-state index contributed by atoms with van der Waals surface area (Å²) in [5, 5.41) is 22.5. The van der Waals surface area contributed by atoms with Crippen molar-refractivity contribution >= 4 is 28.8 Å². The highest BCUT2D eigenvalue weighted by atomic mass is 16.6. The van der Waals surface area contributed by atoms with Crippen molar-refractivity contribution in [3.05, 3.63) is 99.6 Å². The number of Topliss-reactive ketones (excluding diaryl/α,β-unsaturated/α-hetero) is 1. The maximum atomic E-state index is 13.2. The van der Waals surface area contributed by atoms with Crippen molar-refractivity contribution in [3.63, 3.8) is 0 Å². The number of anilines is 1. The summed E-state index contributed by atoms with van der Waals surface area (Å²) in [7, 11) is 3.00. The largest absolute Gasteiger partial charge is 0.507 e. The van der Waals surface area contributed by atoms with E-state index in [1.807, 2.05) is 0 Å². The third-order valence-electron chi connectivity index (χ3n) is 5.56. The standard InChI is InChI=1S/C25H20N2O7/c1-33-19-10-6-15(7-11-19)23(28)21-22(16-4-3-5-18(14-16)27(31)32)26(25(30)24(21)29)17-8-12-20(34-2)13-9-17/h3-14,22,28H,1-2H3/t22-/m0/s1. The van der Waals surface area contributed by atoms with Gasteiger partial charge in [0.15, 0.2) is 0 Å². The summed E-state index contributed by atoms with van der Waals surface area (Å²) in [5.74, 6) is -1.07. The van der Waals surface area contributed by atoms with Gasteiger partial charge in [-0.2, -0.15) is 0 Å². The quantitative estimate of drug-likeness (QED) is 0.192. The van der Waals surface area contributed by atoms with Gasteiger partial charge in [0.2, 0.25) is 0 Å². The fraction of sp³-hybridized carbons (Fsp3) is 0.120. The number of nitrogens with zero attached hydrogens (tertiary/aromatic N) is 2. The summed E-state index contributed by atoms with van der Waals surface area (Å²) in [6, 6.07) is 17.3. The molecule has 0 aliphatic carbocycles. The van der Waals surface area contributed by atoms with Crippen molar-refractivity contribution in [3.8, 4) is 11.5 Å². The van der Waals surface area contributed by atoms with Crippen LogP contribution in [0, 0.1) is 10.1 Å². The van der Waals surface area contributed by atoms with Crippen LogP contribution in [0.25, 0.3) is 5.76 Å². The second-order valence-electron chi connectivity index (χ2n) is 7.45. The van der Waals surface area contributed by atoms with Crippen LogP contribution in [0.5, 0.6) is 11.5 Å². The smallest absolute Gasteiger partial charge is 0.300 e. The van der Waals surface area contributed by atoms with Crippen molar-refractivity contribution < 1.29 is 29.1 Å². The molecule has 1 atom stereocenters. The van der Waals surface area contributed by atoms with Gasteiger partial charge < -0.3 is 14.6 Å². The van der Waals surface area contributed by atoms with E-state index in [0.29, 0.717) is 28.3 Å². The topological polar surface area (TPSA) is 119 Å². The van der Waals surface area contributed by atoms with Gasteiger partial charge in [-0.3, -0.25) is 24.6 Å². The third-order valence-corrected chi connectivity index (χ3v) is 5.56. The molecule has 1 amide bonds. The van der Waals surface area contributed by atoms with Gasteiger partial charge in [-0.25, -0.2) is 0 Å². The van der Waals surface area contributed by atoms with Crippen LogP contribution < -0.4 is 14.4 Å². The summed E-state index contributed by atoms with van der Waals surface area (Å²) in [6.45, 7) is 0. The summed E-state index contributed by atoms with van der Waals surface area (Å²) in [4.78, 5) is 38.4. The van der Waals surface area contributed by atoms with E-state index in [9.17, 15) is 24.8 Å². The van der Waals surface area contributed by atoms with Crippen molar-refractivity contribution in [2.45, 2.75) is 6.04 Å². The predicted molar refractivity (Wildman–Crippen MR) is 124 cm³/mol. The molecule has 1 heterocycles. The molecule has 1 N–H and O–H groups in total. The third kappa shape index (κ3) is 3.95. The maximum absolute atomic E-state index is 13.2. The number of carbonyl (C=O) groups is 2. The first-order valence-electron chi connectivity index (χ1n) is 10.2. The van der Waals surface area contributed by atoms with E-state index in [1.54, 1.807) is 54.6 Å². The SMILES string of the molecule is COc1ccc(C(O)=C2C(=O)C(=O)N(c3ccc(OC)cc3)[C@H]2c2cccc([N+](=O)[O-])c2)cc1. The lowest BCUT2D eigenvalue weighted by Crippen LogP contribution is -2.29. The lowest BCUT2D eigenvalue weighted by Gasteiger charge is -2.25. The fourth-order valence-electron chi connectivity index (χ4n) is 3.87. The van der Waals surface area contributed by atoms with E-state index >= 15 is 0 Å². The molecule has 0 aromatic heterocycles. The molecule has 0 bridgehead atoms. The minimum atomic E-state index is -1.09. The van der Waals surface area contributed by atoms with Crippen LogP contribution in [0.4, 0.5) is 11.4 Å². The van der Waals surface area contributed by atoms with Gasteiger partial charge >= 0.3 is 0 Å². The average molecular weight is 460 g/mol. The van der Waals surface area contributed by atoms with Crippen molar-refractivity contribution in [1.29, 1.82) is 0 Å². The Morgan fingerprint density at radius 3 is 2.09 bits per heavy atom. The Labute approximate surface area is 194 Å². The molecule has 0 saturated carbocycles. The first kappa shape index (κ1) is 22.5. The minimum Gasteiger partial charge on any atom is -0.507 e. The van der Waals surface area contributed by atoms with Crippen LogP contribution >= 0.6 is 0 Å². The average Bonchev–Trinajstić information content (AvgIpc) is 3.14. The molecule has 0 spiro atoms. The number of aliphatic hydroxyl groups excluding tert-OH is 1. The second-order valence-corrected chi connectivity index (χ2v) is 7.45. The van der Waals surface area contributed by atoms with Crippen LogP contribution in [0.2, 0.25) is 0 Å². The predicted octanol–water partition coefficient (Wildman–Crippen LogP) is 4.24. The number of rotatable bonds is 6. The number of benzene rings is 3. The van der Waals surface area contributed by atoms with Gasteiger partial charge in [0.25, 0.3) is 17.4 Å². The van der Waals surface area contributed by atoms with Gasteiger partial charge in [0.1, 0.15) is 17.3 Å². The van der Waals surface area contributed by atoms with Gasteiger partial charge in [-0.1, -0.05) is 12.1 Å². The lowest BCUT2D eigenvalue weighted by molar-refractivity contribution is -0.384. The Morgan fingerprint density at radius 2 is 1.53 bits per heavy atom. The van der Waals surface area contributed by atoms with E-state index in [4.69, 9.17) is 9.47 Å². The van der Waals surface area contributed by atoms with Gasteiger partial charge in [0, 0.05) is 23.4 Å². The normalized spacial score (nSPS) is 17.0. The molecule has 0 radical (unpaired) electrons. The Bertz CT molecular complexity index is 1300. The minimum absolute atomic E-state index is 0.175. The Kier molecular flexibility index (Phi) is 6.01. The summed E-state index contributed by atoms with van der Waals surface area (Å²) in [6.07, 6.45) is 0. The number of aliphatic hydroxyl groups is 1. The number of carbonyl (C=O) groups excluding carboxylic acids is 2. The van der Waals surface area contributed by atoms with Crippen molar-refractivity contribution in [2.75, 3.05) is 19.1 Å². The summed E-state index contributed by atoms with van der Waals surface area (Å²) < 4.78 is 10.3. The summed E-state index contributed by atoms with van der Waals surface area (Å²) in [5.41, 5.74) is 0.588. The molecule has 3 aromatic carbocycles. The monoisotopic (exact) mass is 460 g/mol. The van der Waals surface area contributed by atoms with Crippen LogP contribution in [0.1, 0.15) is 17.2 Å². The van der Waals surface area contributed by atoms with Crippen LogP contribution in [0.15, 0.2) is 78.4 Å². The maximum Gasteiger partial charge on any atom is 0.300 e. The molecule has 1 saturated heterocycles. The van der Waals surface area contributed by atoms with Gasteiger partial charge in [-0.05, 0) is 54.1 Å². The van der Waals surface area contributed by atoms with Crippen LogP contribution in [0.3, 0.4) is 0 Å². The molecule has 9 nitrogen and oxygen atoms in total. The number of methoxy groups -OCH3 is 2. The highest BCUT2D eigenvalue weighted by Crippen LogP contribution is 2.43. The van der Waals surface area contributed by atoms with Gasteiger partial charge in [-0.15, -0.1) is 0 Å². The number of nitro benzene ring substituents is 1. The van der Waals surface area contributed by atoms with Gasteiger partial charge in [0.05, 0.1) is 30.8 Å². The fourth-order valence-corrected chi connectivity index (χ4v) is 3.87. The molecule has 9 heteroatoms. The zero-order valence-corrected chi connectivity index (χ0v) is 18.3. The molecule has 1 aliphatic heterocycles. The van der Waals surface area contributed by atoms with E-state index in [1.165, 1.54) is 37.3 Å². The number of ketones is 1. The van der Waals surface area contributed by atoms with E-state index in [2.05, 4.69) is 0 Å². The van der Waals surface area contributed by atoms with E-state index in [-0.39, 0.29) is 11.3 Å². The first-order chi connectivity index (χ1) is 16.3. The zero-order valence-electron chi connectivity index (χ0n) is 18.3. The number of non-ortho nitro benzene ring substituents is 1. The Balaban J connectivity index is 1.93. The Morgan fingerprint density at radius 1 is 0.941 bits per heavy atom. The van der Waals surface area contributed by atoms with E-state index in [0.717, 1.165) is 0 Å². The number of hydrogen-bond donors (Lipinski definition) is 1. The molecule has 0 unspecified atom stereocenters. The number of nitro groups is 1. The molecule has 1 aliphatic rings. The summed E-state index contributed by atoms with van der Waals surface area (Å²) >= 11 is 0. The number of ether oxygens (including phenoxy) is 2. The number of amides is 1. The highest BCUT2D eigenvalue weighted by molar-refractivity contribution is 6.51. The number of hydrogen-bond acceptors (Lipinski definition) is 7. The molecular formula is C25H20N2O7. The lowest BCUT2D eigenvalue weighted by atomic mass is 9.94. The molecule has 1 fully saturated rings. The van der Waals surface area contributed by atoms with Crippen molar-refractivity contribution in [1.82, 2.24) is 0 Å². The molecule has 34 heavy (non-hydrogen) atoms.